The summed E-state index contributed by atoms with van der Waals surface area (Å²) in [4.78, 5) is 2.61. The van der Waals surface area contributed by atoms with Crippen molar-refractivity contribution in [2.75, 3.05) is 26.2 Å². The van der Waals surface area contributed by atoms with Crippen LogP contribution < -0.4 is 10.1 Å². The van der Waals surface area contributed by atoms with Gasteiger partial charge in [-0.05, 0) is 77.5 Å². The van der Waals surface area contributed by atoms with Gasteiger partial charge in [-0.3, -0.25) is 0 Å². The third-order valence-electron chi connectivity index (χ3n) is 4.18. The Kier molecular flexibility index (Phi) is 12.0. The van der Waals surface area contributed by atoms with Gasteiger partial charge in [0.1, 0.15) is 5.75 Å². The molecule has 0 saturated heterocycles. The van der Waals surface area contributed by atoms with Crippen LogP contribution in [0.5, 0.6) is 5.75 Å². The summed E-state index contributed by atoms with van der Waals surface area (Å²) in [7, 11) is 0. The predicted octanol–water partition coefficient (Wildman–Crippen LogP) is 5.51. The minimum Gasteiger partial charge on any atom is -0.491 e. The molecule has 3 nitrogen and oxygen atoms in total. The lowest BCUT2D eigenvalue weighted by Crippen LogP contribution is -2.29. The Balaban J connectivity index is 2.37. The number of unbranched alkanes of at least 4 members (excludes halogenated alkanes) is 2. The third kappa shape index (κ3) is 10.1. The van der Waals surface area contributed by atoms with Gasteiger partial charge in [-0.2, -0.15) is 0 Å². The SMILES string of the molecule is CCCCN(CCCC)CCCNCc1cc(Cl)ccc1OC(C)C. The molecule has 1 N–H and O–H groups in total. The van der Waals surface area contributed by atoms with E-state index in [1.165, 1.54) is 51.7 Å². The van der Waals surface area contributed by atoms with Crippen LogP contribution >= 0.6 is 11.6 Å². The lowest BCUT2D eigenvalue weighted by molar-refractivity contribution is 0.239. The first kappa shape index (κ1) is 22.3. The molecule has 1 aromatic rings. The molecule has 0 aliphatic carbocycles. The molecule has 1 aromatic carbocycles. The molecule has 0 spiro atoms. The highest BCUT2D eigenvalue weighted by atomic mass is 35.5. The van der Waals surface area contributed by atoms with Crippen LogP contribution in [0.15, 0.2) is 18.2 Å². The fourth-order valence-corrected chi connectivity index (χ4v) is 3.00. The van der Waals surface area contributed by atoms with E-state index < -0.39 is 0 Å². The molecule has 0 radical (unpaired) electrons. The summed E-state index contributed by atoms with van der Waals surface area (Å²) >= 11 is 6.14. The lowest BCUT2D eigenvalue weighted by Gasteiger charge is -2.22. The Morgan fingerprint density at radius 2 is 1.68 bits per heavy atom. The smallest absolute Gasteiger partial charge is 0.124 e. The summed E-state index contributed by atoms with van der Waals surface area (Å²) in [6.07, 6.45) is 6.49. The molecule has 0 bridgehead atoms. The molecule has 25 heavy (non-hydrogen) atoms. The topological polar surface area (TPSA) is 24.5 Å². The van der Waals surface area contributed by atoms with Gasteiger partial charge in [-0.15, -0.1) is 0 Å². The van der Waals surface area contributed by atoms with Crippen molar-refractivity contribution in [2.45, 2.75) is 72.4 Å². The number of hydrogen-bond acceptors (Lipinski definition) is 3. The van der Waals surface area contributed by atoms with Gasteiger partial charge in [0.25, 0.3) is 0 Å². The highest BCUT2D eigenvalue weighted by Crippen LogP contribution is 2.23. The molecule has 0 fully saturated rings. The maximum atomic E-state index is 6.14. The maximum Gasteiger partial charge on any atom is 0.124 e. The van der Waals surface area contributed by atoms with Crippen LogP contribution in [0.4, 0.5) is 0 Å². The summed E-state index contributed by atoms with van der Waals surface area (Å²) in [6.45, 7) is 14.1. The lowest BCUT2D eigenvalue weighted by atomic mass is 10.2. The predicted molar refractivity (Wildman–Crippen MR) is 110 cm³/mol. The Morgan fingerprint density at radius 3 is 2.28 bits per heavy atom. The van der Waals surface area contributed by atoms with Gasteiger partial charge < -0.3 is 15.0 Å². The Morgan fingerprint density at radius 1 is 1.04 bits per heavy atom. The van der Waals surface area contributed by atoms with Crippen LogP contribution in [-0.4, -0.2) is 37.2 Å². The molecule has 0 unspecified atom stereocenters. The van der Waals surface area contributed by atoms with Gasteiger partial charge in [-0.1, -0.05) is 38.3 Å². The Labute approximate surface area is 160 Å². The second-order valence-electron chi connectivity index (χ2n) is 7.00. The molecule has 0 saturated carbocycles. The van der Waals surface area contributed by atoms with E-state index in [0.29, 0.717) is 0 Å². The van der Waals surface area contributed by atoms with Crippen molar-refractivity contribution in [3.8, 4) is 5.75 Å². The average molecular weight is 369 g/mol. The van der Waals surface area contributed by atoms with Crippen molar-refractivity contribution in [2.24, 2.45) is 0 Å². The van der Waals surface area contributed by atoms with Crippen molar-refractivity contribution >= 4 is 11.6 Å². The number of nitrogens with zero attached hydrogens (tertiary/aromatic N) is 1. The number of hydrogen-bond donors (Lipinski definition) is 1. The van der Waals surface area contributed by atoms with Gasteiger partial charge in [0, 0.05) is 17.1 Å². The van der Waals surface area contributed by atoms with Crippen molar-refractivity contribution in [3.05, 3.63) is 28.8 Å². The summed E-state index contributed by atoms with van der Waals surface area (Å²) in [5, 5.41) is 4.31. The van der Waals surface area contributed by atoms with E-state index in [9.17, 15) is 0 Å². The highest BCUT2D eigenvalue weighted by molar-refractivity contribution is 6.30. The van der Waals surface area contributed by atoms with E-state index in [1.807, 2.05) is 32.0 Å². The molecular formula is C21H37ClN2O. The number of halogens is 1. The van der Waals surface area contributed by atoms with Crippen LogP contribution in [0.25, 0.3) is 0 Å². The molecule has 4 heteroatoms. The monoisotopic (exact) mass is 368 g/mol. The van der Waals surface area contributed by atoms with Crippen molar-refractivity contribution < 1.29 is 4.74 Å². The van der Waals surface area contributed by atoms with Gasteiger partial charge in [0.2, 0.25) is 0 Å². The van der Waals surface area contributed by atoms with E-state index in [2.05, 4.69) is 24.1 Å². The zero-order chi connectivity index (χ0) is 18.5. The molecule has 0 aromatic heterocycles. The molecule has 144 valence electrons. The molecule has 0 amide bonds. The van der Waals surface area contributed by atoms with Crippen LogP contribution in [0.2, 0.25) is 5.02 Å². The van der Waals surface area contributed by atoms with Crippen LogP contribution in [0, 0.1) is 0 Å². The Hall–Kier alpha value is -0.770. The van der Waals surface area contributed by atoms with Gasteiger partial charge in [0.05, 0.1) is 6.10 Å². The standard InChI is InChI=1S/C21H37ClN2O/c1-5-7-13-24(14-8-6-2)15-9-12-23-17-19-16-20(22)10-11-21(19)25-18(3)4/h10-11,16,18,23H,5-9,12-15,17H2,1-4H3. The van der Waals surface area contributed by atoms with E-state index in [1.54, 1.807) is 0 Å². The van der Waals surface area contributed by atoms with E-state index in [0.717, 1.165) is 29.4 Å². The number of benzene rings is 1. The van der Waals surface area contributed by atoms with Gasteiger partial charge >= 0.3 is 0 Å². The number of nitrogens with one attached hydrogen (secondary N) is 1. The second kappa shape index (κ2) is 13.4. The summed E-state index contributed by atoms with van der Waals surface area (Å²) in [5.74, 6) is 0.930. The van der Waals surface area contributed by atoms with E-state index >= 15 is 0 Å². The molecule has 1 rings (SSSR count). The summed E-state index contributed by atoms with van der Waals surface area (Å²) in [5.41, 5.74) is 1.13. The van der Waals surface area contributed by atoms with Gasteiger partial charge in [-0.25, -0.2) is 0 Å². The second-order valence-corrected chi connectivity index (χ2v) is 7.43. The number of ether oxygens (including phenoxy) is 1. The molecule has 0 aliphatic rings. The first-order valence-electron chi connectivity index (χ1n) is 9.95. The minimum absolute atomic E-state index is 0.172. The largest absolute Gasteiger partial charge is 0.491 e. The molecule has 0 atom stereocenters. The average Bonchev–Trinajstić information content (AvgIpc) is 2.58. The number of rotatable bonds is 14. The van der Waals surface area contributed by atoms with Crippen LogP contribution in [-0.2, 0) is 6.54 Å². The highest BCUT2D eigenvalue weighted by Gasteiger charge is 2.07. The van der Waals surface area contributed by atoms with Gasteiger partial charge in [0.15, 0.2) is 0 Å². The fourth-order valence-electron chi connectivity index (χ4n) is 2.80. The minimum atomic E-state index is 0.172. The third-order valence-corrected chi connectivity index (χ3v) is 4.42. The maximum absolute atomic E-state index is 6.14. The first-order valence-corrected chi connectivity index (χ1v) is 10.3. The van der Waals surface area contributed by atoms with Crippen molar-refractivity contribution in [1.29, 1.82) is 0 Å². The summed E-state index contributed by atoms with van der Waals surface area (Å²) in [6, 6.07) is 5.86. The molecule has 0 aliphatic heterocycles. The zero-order valence-corrected chi connectivity index (χ0v) is 17.4. The molecule has 0 heterocycles. The summed E-state index contributed by atoms with van der Waals surface area (Å²) < 4.78 is 5.88. The van der Waals surface area contributed by atoms with Crippen molar-refractivity contribution in [3.63, 3.8) is 0 Å². The van der Waals surface area contributed by atoms with Crippen LogP contribution in [0.3, 0.4) is 0 Å². The quantitative estimate of drug-likeness (QED) is 0.438. The fraction of sp³-hybridized carbons (Fsp3) is 0.714. The van der Waals surface area contributed by atoms with E-state index in [-0.39, 0.29) is 6.10 Å². The van der Waals surface area contributed by atoms with Crippen molar-refractivity contribution in [1.82, 2.24) is 10.2 Å². The molecular weight excluding hydrogens is 332 g/mol. The Bertz CT molecular complexity index is 457. The van der Waals surface area contributed by atoms with Crippen LogP contribution in [0.1, 0.15) is 65.4 Å². The normalized spacial score (nSPS) is 11.5. The van der Waals surface area contributed by atoms with E-state index in [4.69, 9.17) is 16.3 Å². The zero-order valence-electron chi connectivity index (χ0n) is 16.6. The first-order chi connectivity index (χ1) is 12.1.